The number of amides is 1. The minimum Gasteiger partial charge on any atom is -0.497 e. The molecule has 2 aromatic carbocycles. The Morgan fingerprint density at radius 1 is 1.17 bits per heavy atom. The molecule has 1 aromatic heterocycles. The average molecular weight is 393 g/mol. The summed E-state index contributed by atoms with van der Waals surface area (Å²) in [5.41, 5.74) is 3.77. The number of hydrogen-bond acceptors (Lipinski definition) is 5. The fourth-order valence-electron chi connectivity index (χ4n) is 3.28. The zero-order valence-electron chi connectivity index (χ0n) is 16.7. The summed E-state index contributed by atoms with van der Waals surface area (Å²) in [6, 6.07) is 15.3. The van der Waals surface area contributed by atoms with Crippen LogP contribution >= 0.6 is 0 Å². The zero-order chi connectivity index (χ0) is 20.8. The molecule has 3 rings (SSSR count). The molecule has 1 heterocycles. The van der Waals surface area contributed by atoms with Crippen molar-refractivity contribution >= 4 is 22.7 Å². The van der Waals surface area contributed by atoms with Crippen LogP contribution in [-0.2, 0) is 16.0 Å². The Bertz CT molecular complexity index is 1050. The summed E-state index contributed by atoms with van der Waals surface area (Å²) in [5.74, 6) is 0.721. The summed E-state index contributed by atoms with van der Waals surface area (Å²) in [4.78, 5) is 11.6. The number of hydrogen-bond donors (Lipinski definition) is 1. The first-order valence-electron chi connectivity index (χ1n) is 9.26. The molecule has 0 aliphatic rings. The van der Waals surface area contributed by atoms with E-state index in [1.54, 1.807) is 33.3 Å². The van der Waals surface area contributed by atoms with Crippen LogP contribution in [0, 0.1) is 11.3 Å². The number of ether oxygens (including phenoxy) is 3. The third-order valence-electron chi connectivity index (χ3n) is 4.58. The highest BCUT2D eigenvalue weighted by Crippen LogP contribution is 2.35. The van der Waals surface area contributed by atoms with Crippen LogP contribution in [0.5, 0.6) is 5.75 Å². The number of nitrogens with one attached hydrogen (secondary N) is 1. The van der Waals surface area contributed by atoms with Crippen molar-refractivity contribution in [3.05, 3.63) is 48.0 Å². The van der Waals surface area contributed by atoms with E-state index in [0.717, 1.165) is 27.9 Å². The highest BCUT2D eigenvalue weighted by molar-refractivity contribution is 5.95. The largest absolute Gasteiger partial charge is 0.497 e. The molecule has 7 nitrogen and oxygen atoms in total. The van der Waals surface area contributed by atoms with Crippen LogP contribution < -0.4 is 10.1 Å². The standard InChI is InChI=1S/C22H23N3O4/c1-4-29-22(26)24-16-7-5-15(6-8-16)21-19(14-23)18-10-9-17(28-3)13-20(18)25(21)11-12-27-2/h5-10,13H,4,11-12H2,1-3H3,(H,24,26). The lowest BCUT2D eigenvalue weighted by Gasteiger charge is -2.12. The summed E-state index contributed by atoms with van der Waals surface area (Å²) >= 11 is 0. The number of methoxy groups -OCH3 is 2. The number of fused-ring (bicyclic) bond motifs is 1. The highest BCUT2D eigenvalue weighted by Gasteiger charge is 2.19. The number of nitriles is 1. The quantitative estimate of drug-likeness (QED) is 0.643. The summed E-state index contributed by atoms with van der Waals surface area (Å²) in [7, 11) is 3.26. The Labute approximate surface area is 169 Å². The van der Waals surface area contributed by atoms with Gasteiger partial charge in [-0.2, -0.15) is 5.26 Å². The van der Waals surface area contributed by atoms with Gasteiger partial charge in [0.15, 0.2) is 0 Å². The lowest BCUT2D eigenvalue weighted by atomic mass is 10.1. The second-order valence-corrected chi connectivity index (χ2v) is 6.29. The van der Waals surface area contributed by atoms with Crippen molar-refractivity contribution in [3.63, 3.8) is 0 Å². The Morgan fingerprint density at radius 2 is 1.93 bits per heavy atom. The lowest BCUT2D eigenvalue weighted by Crippen LogP contribution is -2.13. The minimum atomic E-state index is -0.501. The van der Waals surface area contributed by atoms with Crippen molar-refractivity contribution in [1.82, 2.24) is 4.57 Å². The second-order valence-electron chi connectivity index (χ2n) is 6.29. The molecule has 1 N–H and O–H groups in total. The normalized spacial score (nSPS) is 10.6. The summed E-state index contributed by atoms with van der Waals surface area (Å²) in [6.07, 6.45) is -0.501. The fraction of sp³-hybridized carbons (Fsp3) is 0.273. The van der Waals surface area contributed by atoms with Gasteiger partial charge >= 0.3 is 6.09 Å². The molecule has 1 amide bonds. The molecule has 0 spiro atoms. The molecular formula is C22H23N3O4. The van der Waals surface area contributed by atoms with Crippen LogP contribution in [0.1, 0.15) is 12.5 Å². The summed E-state index contributed by atoms with van der Waals surface area (Å²) in [6.45, 7) is 3.14. The molecule has 0 atom stereocenters. The molecule has 0 bridgehead atoms. The molecule has 7 heteroatoms. The molecule has 150 valence electrons. The molecule has 0 aliphatic heterocycles. The number of carbonyl (C=O) groups is 1. The maximum absolute atomic E-state index is 11.6. The summed E-state index contributed by atoms with van der Waals surface area (Å²) < 4.78 is 17.6. The number of aromatic nitrogens is 1. The van der Waals surface area contributed by atoms with Gasteiger partial charge in [-0.05, 0) is 36.8 Å². The molecule has 0 aliphatic carbocycles. The van der Waals surface area contributed by atoms with Crippen molar-refractivity contribution in [2.45, 2.75) is 13.5 Å². The molecule has 0 radical (unpaired) electrons. The van der Waals surface area contributed by atoms with E-state index in [2.05, 4.69) is 16.0 Å². The van der Waals surface area contributed by atoms with Gasteiger partial charge in [0, 0.05) is 30.8 Å². The van der Waals surface area contributed by atoms with Gasteiger partial charge in [-0.25, -0.2) is 4.79 Å². The average Bonchev–Trinajstić information content (AvgIpc) is 3.05. The Morgan fingerprint density at radius 3 is 2.55 bits per heavy atom. The monoisotopic (exact) mass is 393 g/mol. The lowest BCUT2D eigenvalue weighted by molar-refractivity contribution is 0.168. The molecule has 29 heavy (non-hydrogen) atoms. The van der Waals surface area contributed by atoms with Gasteiger partial charge in [-0.15, -0.1) is 0 Å². The first-order valence-corrected chi connectivity index (χ1v) is 9.26. The van der Waals surface area contributed by atoms with Crippen LogP contribution in [0.15, 0.2) is 42.5 Å². The van der Waals surface area contributed by atoms with Crippen molar-refractivity contribution in [2.24, 2.45) is 0 Å². The molecule has 0 unspecified atom stereocenters. The highest BCUT2D eigenvalue weighted by atomic mass is 16.5. The van der Waals surface area contributed by atoms with Crippen LogP contribution in [0.4, 0.5) is 10.5 Å². The van der Waals surface area contributed by atoms with Crippen LogP contribution in [0.3, 0.4) is 0 Å². The van der Waals surface area contributed by atoms with E-state index < -0.39 is 6.09 Å². The fourth-order valence-corrected chi connectivity index (χ4v) is 3.28. The number of anilines is 1. The molecule has 0 saturated carbocycles. The van der Waals surface area contributed by atoms with Gasteiger partial charge in [0.05, 0.1) is 37.1 Å². The number of carbonyl (C=O) groups excluding carboxylic acids is 1. The summed E-state index contributed by atoms with van der Waals surface area (Å²) in [5, 5.41) is 13.4. The number of benzene rings is 2. The van der Waals surface area contributed by atoms with E-state index in [1.165, 1.54) is 0 Å². The molecule has 3 aromatic rings. The van der Waals surface area contributed by atoms with E-state index in [1.807, 2.05) is 30.3 Å². The third kappa shape index (κ3) is 4.18. The maximum atomic E-state index is 11.6. The predicted octanol–water partition coefficient (Wildman–Crippen LogP) is 4.40. The minimum absolute atomic E-state index is 0.304. The van der Waals surface area contributed by atoms with Gasteiger partial charge in [0.1, 0.15) is 11.8 Å². The van der Waals surface area contributed by atoms with Crippen LogP contribution in [0.2, 0.25) is 0 Å². The van der Waals surface area contributed by atoms with Gasteiger partial charge in [-0.1, -0.05) is 12.1 Å². The first kappa shape index (κ1) is 20.2. The number of nitrogens with zero attached hydrogens (tertiary/aromatic N) is 2. The third-order valence-corrected chi connectivity index (χ3v) is 4.58. The SMILES string of the molecule is CCOC(=O)Nc1ccc(-c2c(C#N)c3ccc(OC)cc3n2CCOC)cc1. The van der Waals surface area contributed by atoms with Crippen molar-refractivity contribution < 1.29 is 19.0 Å². The van der Waals surface area contributed by atoms with Gasteiger partial charge in [-0.3, -0.25) is 5.32 Å². The Hall–Kier alpha value is -3.50. The number of rotatable bonds is 7. The Kier molecular flexibility index (Phi) is 6.37. The van der Waals surface area contributed by atoms with Gasteiger partial charge < -0.3 is 18.8 Å². The second kappa shape index (κ2) is 9.13. The molecule has 0 saturated heterocycles. The van der Waals surface area contributed by atoms with Gasteiger partial charge in [0.25, 0.3) is 0 Å². The molecular weight excluding hydrogens is 370 g/mol. The van der Waals surface area contributed by atoms with E-state index in [9.17, 15) is 10.1 Å². The van der Waals surface area contributed by atoms with E-state index in [4.69, 9.17) is 14.2 Å². The van der Waals surface area contributed by atoms with Crippen LogP contribution in [0.25, 0.3) is 22.2 Å². The smallest absolute Gasteiger partial charge is 0.411 e. The van der Waals surface area contributed by atoms with Crippen molar-refractivity contribution in [2.75, 3.05) is 32.8 Å². The van der Waals surface area contributed by atoms with E-state index in [0.29, 0.717) is 31.0 Å². The maximum Gasteiger partial charge on any atom is 0.411 e. The molecule has 0 fully saturated rings. The van der Waals surface area contributed by atoms with Crippen molar-refractivity contribution in [3.8, 4) is 23.1 Å². The van der Waals surface area contributed by atoms with Crippen molar-refractivity contribution in [1.29, 1.82) is 5.26 Å². The Balaban J connectivity index is 2.09. The zero-order valence-corrected chi connectivity index (χ0v) is 16.7. The van der Waals surface area contributed by atoms with Crippen LogP contribution in [-0.4, -0.2) is 38.1 Å². The predicted molar refractivity (Wildman–Crippen MR) is 111 cm³/mol. The topological polar surface area (TPSA) is 85.5 Å². The van der Waals surface area contributed by atoms with E-state index in [-0.39, 0.29) is 0 Å². The van der Waals surface area contributed by atoms with E-state index >= 15 is 0 Å². The first-order chi connectivity index (χ1) is 14.1. The van der Waals surface area contributed by atoms with Gasteiger partial charge in [0.2, 0.25) is 0 Å².